The first-order valence-corrected chi connectivity index (χ1v) is 13.6. The summed E-state index contributed by atoms with van der Waals surface area (Å²) in [6, 6.07) is 29.2. The average Bonchev–Trinajstić information content (AvgIpc) is 3.54. The molecule has 0 spiro atoms. The summed E-state index contributed by atoms with van der Waals surface area (Å²) in [5, 5.41) is 4.18. The molecule has 5 rings (SSSR count). The second kappa shape index (κ2) is 10.5. The highest BCUT2D eigenvalue weighted by Gasteiger charge is 2.43. The molecule has 1 aliphatic rings. The van der Waals surface area contributed by atoms with Crippen molar-refractivity contribution < 1.29 is 12.9 Å². The summed E-state index contributed by atoms with van der Waals surface area (Å²) in [7, 11) is -3.59. The Morgan fingerprint density at radius 1 is 0.829 bits per heavy atom. The third-order valence-corrected chi connectivity index (χ3v) is 8.37. The van der Waals surface area contributed by atoms with Crippen LogP contribution in [0.2, 0.25) is 0 Å². The van der Waals surface area contributed by atoms with Gasteiger partial charge in [-0.05, 0) is 41.9 Å². The minimum Gasteiger partial charge on any atom is -0.338 e. The lowest BCUT2D eigenvalue weighted by Gasteiger charge is -2.21. The number of aryl methyl sites for hydroxylation is 2. The van der Waals surface area contributed by atoms with E-state index in [1.165, 1.54) is 5.56 Å². The van der Waals surface area contributed by atoms with E-state index >= 15 is 0 Å². The molecule has 180 valence electrons. The van der Waals surface area contributed by atoms with E-state index in [-0.39, 0.29) is 11.7 Å². The molecule has 7 heteroatoms. The fourth-order valence-electron chi connectivity index (χ4n) is 4.77. The summed E-state index contributed by atoms with van der Waals surface area (Å²) in [5.41, 5.74) is 3.16. The first-order chi connectivity index (χ1) is 17.1. The van der Waals surface area contributed by atoms with Gasteiger partial charge >= 0.3 is 0 Å². The van der Waals surface area contributed by atoms with Gasteiger partial charge in [0.25, 0.3) is 0 Å². The Hall–Kier alpha value is -3.29. The fourth-order valence-corrected chi connectivity index (χ4v) is 6.52. The van der Waals surface area contributed by atoms with E-state index in [0.29, 0.717) is 31.1 Å². The Morgan fingerprint density at radius 2 is 1.46 bits per heavy atom. The number of nitrogens with zero attached hydrogens (tertiary/aromatic N) is 3. The Kier molecular flexibility index (Phi) is 7.06. The van der Waals surface area contributed by atoms with Gasteiger partial charge in [-0.1, -0.05) is 96.2 Å². The van der Waals surface area contributed by atoms with Crippen molar-refractivity contribution in [1.82, 2.24) is 14.4 Å². The van der Waals surface area contributed by atoms with Crippen LogP contribution in [0.1, 0.15) is 53.2 Å². The van der Waals surface area contributed by atoms with Gasteiger partial charge in [0.2, 0.25) is 15.9 Å². The van der Waals surface area contributed by atoms with Crippen molar-refractivity contribution in [3.05, 3.63) is 119 Å². The van der Waals surface area contributed by atoms with Gasteiger partial charge in [0.1, 0.15) is 6.04 Å². The zero-order valence-electron chi connectivity index (χ0n) is 19.5. The molecule has 1 fully saturated rings. The first-order valence-electron chi connectivity index (χ1n) is 12.0. The molecule has 1 aromatic heterocycles. The topological polar surface area (TPSA) is 76.3 Å². The number of rotatable bonds is 9. The van der Waals surface area contributed by atoms with E-state index in [1.807, 2.05) is 66.7 Å². The van der Waals surface area contributed by atoms with Crippen LogP contribution in [-0.2, 0) is 28.6 Å². The number of benzene rings is 3. The molecule has 0 radical (unpaired) electrons. The summed E-state index contributed by atoms with van der Waals surface area (Å²) in [6.45, 7) is 0.398. The number of hydrogen-bond donors (Lipinski definition) is 0. The molecule has 0 amide bonds. The second-order valence-corrected chi connectivity index (χ2v) is 11.0. The Bertz CT molecular complexity index is 1330. The smallest absolute Gasteiger partial charge is 0.245 e. The van der Waals surface area contributed by atoms with Gasteiger partial charge in [-0.15, -0.1) is 0 Å². The highest BCUT2D eigenvalue weighted by Crippen LogP contribution is 2.42. The lowest BCUT2D eigenvalue weighted by Crippen LogP contribution is -2.32. The SMILES string of the molecule is O=S(=O)(Cc1ccccc1)N1C[C@H](c2ccccc2)C[C@H]1c1nc(CCCc2ccccc2)no1. The van der Waals surface area contributed by atoms with Crippen molar-refractivity contribution in [2.75, 3.05) is 6.54 Å². The highest BCUT2D eigenvalue weighted by molar-refractivity contribution is 7.88. The van der Waals surface area contributed by atoms with Gasteiger partial charge in [0.15, 0.2) is 5.82 Å². The third kappa shape index (κ3) is 5.69. The van der Waals surface area contributed by atoms with E-state index in [9.17, 15) is 8.42 Å². The molecule has 1 saturated heterocycles. The fraction of sp³-hybridized carbons (Fsp3) is 0.286. The maximum atomic E-state index is 13.5. The van der Waals surface area contributed by atoms with Crippen LogP contribution in [0.25, 0.3) is 0 Å². The quantitative estimate of drug-likeness (QED) is 0.320. The van der Waals surface area contributed by atoms with E-state index in [0.717, 1.165) is 24.0 Å². The lowest BCUT2D eigenvalue weighted by atomic mass is 9.96. The van der Waals surface area contributed by atoms with Crippen LogP contribution in [0.5, 0.6) is 0 Å². The molecule has 0 saturated carbocycles. The zero-order chi connectivity index (χ0) is 24.1. The minimum absolute atomic E-state index is 0.0517. The summed E-state index contributed by atoms with van der Waals surface area (Å²) in [4.78, 5) is 4.64. The molecule has 2 atom stereocenters. The van der Waals surface area contributed by atoms with Crippen LogP contribution in [-0.4, -0.2) is 29.4 Å². The molecule has 3 aromatic carbocycles. The molecule has 0 unspecified atom stereocenters. The van der Waals surface area contributed by atoms with Gasteiger partial charge in [0, 0.05) is 13.0 Å². The van der Waals surface area contributed by atoms with Gasteiger partial charge in [-0.3, -0.25) is 0 Å². The largest absolute Gasteiger partial charge is 0.338 e. The summed E-state index contributed by atoms with van der Waals surface area (Å²) in [6.07, 6.45) is 3.13. The van der Waals surface area contributed by atoms with Crippen LogP contribution < -0.4 is 0 Å². The normalized spacial score (nSPS) is 18.6. The predicted octanol–water partition coefficient (Wildman–Crippen LogP) is 5.31. The van der Waals surface area contributed by atoms with Crippen molar-refractivity contribution in [1.29, 1.82) is 0 Å². The Labute approximate surface area is 206 Å². The highest BCUT2D eigenvalue weighted by atomic mass is 32.2. The van der Waals surface area contributed by atoms with Crippen molar-refractivity contribution in [2.45, 2.75) is 43.4 Å². The molecule has 35 heavy (non-hydrogen) atoms. The monoisotopic (exact) mass is 487 g/mol. The van der Waals surface area contributed by atoms with Crippen molar-refractivity contribution in [2.24, 2.45) is 0 Å². The summed E-state index contributed by atoms with van der Waals surface area (Å²) in [5.74, 6) is 1.03. The standard InChI is InChI=1S/C28H29N3O3S/c32-35(33,21-23-13-6-2-7-14-23)31-20-25(24-16-8-3-9-17-24)19-26(31)28-29-27(30-34-28)18-10-15-22-11-4-1-5-12-22/h1-9,11-14,16-17,25-26H,10,15,18-21H2/t25-,26+/m1/s1. The average molecular weight is 488 g/mol. The molecule has 0 bridgehead atoms. The van der Waals surface area contributed by atoms with Crippen molar-refractivity contribution in [3.8, 4) is 0 Å². The molecule has 6 nitrogen and oxygen atoms in total. The van der Waals surface area contributed by atoms with Crippen LogP contribution in [0, 0.1) is 0 Å². The minimum atomic E-state index is -3.59. The van der Waals surface area contributed by atoms with Crippen LogP contribution in [0.15, 0.2) is 95.5 Å². The number of hydrogen-bond acceptors (Lipinski definition) is 5. The summed E-state index contributed by atoms with van der Waals surface area (Å²) < 4.78 is 34.3. The zero-order valence-corrected chi connectivity index (χ0v) is 20.3. The molecular formula is C28H29N3O3S. The summed E-state index contributed by atoms with van der Waals surface area (Å²) >= 11 is 0. The lowest BCUT2D eigenvalue weighted by molar-refractivity contribution is 0.289. The van der Waals surface area contributed by atoms with E-state index in [2.05, 4.69) is 34.4 Å². The number of sulfonamides is 1. The molecule has 0 N–H and O–H groups in total. The number of aromatic nitrogens is 2. The van der Waals surface area contributed by atoms with Crippen molar-refractivity contribution >= 4 is 10.0 Å². The van der Waals surface area contributed by atoms with Crippen molar-refractivity contribution in [3.63, 3.8) is 0 Å². The first kappa shape index (κ1) is 23.5. The molecule has 2 heterocycles. The van der Waals surface area contributed by atoms with E-state index in [1.54, 1.807) is 4.31 Å². The maximum Gasteiger partial charge on any atom is 0.245 e. The Morgan fingerprint density at radius 3 is 2.14 bits per heavy atom. The van der Waals surface area contributed by atoms with E-state index < -0.39 is 16.1 Å². The van der Waals surface area contributed by atoms with Gasteiger partial charge in [-0.25, -0.2) is 8.42 Å². The third-order valence-electron chi connectivity index (χ3n) is 6.55. The molecular weight excluding hydrogens is 458 g/mol. The van der Waals surface area contributed by atoms with Gasteiger partial charge in [0.05, 0.1) is 5.75 Å². The van der Waals surface area contributed by atoms with E-state index in [4.69, 9.17) is 4.52 Å². The van der Waals surface area contributed by atoms with Crippen LogP contribution >= 0.6 is 0 Å². The molecule has 1 aliphatic heterocycles. The Balaban J connectivity index is 1.35. The maximum absolute atomic E-state index is 13.5. The van der Waals surface area contributed by atoms with Gasteiger partial charge in [-0.2, -0.15) is 9.29 Å². The molecule has 4 aromatic rings. The van der Waals surface area contributed by atoms with Crippen LogP contribution in [0.3, 0.4) is 0 Å². The van der Waals surface area contributed by atoms with Gasteiger partial charge < -0.3 is 4.52 Å². The van der Waals surface area contributed by atoms with Crippen LogP contribution in [0.4, 0.5) is 0 Å². The predicted molar refractivity (Wildman–Crippen MR) is 135 cm³/mol. The second-order valence-electron chi connectivity index (χ2n) is 9.06. The molecule has 0 aliphatic carbocycles.